The second kappa shape index (κ2) is 6.78. The fourth-order valence-corrected chi connectivity index (χ4v) is 1.61. The first-order chi connectivity index (χ1) is 8.49. The molecule has 1 amide bonds. The lowest BCUT2D eigenvalue weighted by molar-refractivity contribution is -0.142. The molecule has 1 aromatic heterocycles. The van der Waals surface area contributed by atoms with Crippen LogP contribution in [0.2, 0.25) is 0 Å². The second-order valence-electron chi connectivity index (χ2n) is 4.61. The summed E-state index contributed by atoms with van der Waals surface area (Å²) in [6, 6.07) is 0.964. The van der Waals surface area contributed by atoms with Gasteiger partial charge in [0.05, 0.1) is 0 Å². The van der Waals surface area contributed by atoms with Crippen LogP contribution in [0.15, 0.2) is 18.5 Å². The van der Waals surface area contributed by atoms with Crippen LogP contribution in [0.3, 0.4) is 0 Å². The average Bonchev–Trinajstić information content (AvgIpc) is 2.77. The van der Waals surface area contributed by atoms with E-state index >= 15 is 0 Å². The number of rotatable bonds is 7. The van der Waals surface area contributed by atoms with Gasteiger partial charge in [0.15, 0.2) is 0 Å². The number of aromatic nitrogens is 2. The highest BCUT2D eigenvalue weighted by molar-refractivity contribution is 5.83. The molecule has 6 heteroatoms. The molecule has 1 unspecified atom stereocenters. The Morgan fingerprint density at radius 1 is 1.44 bits per heavy atom. The molecule has 2 N–H and O–H groups in total. The van der Waals surface area contributed by atoms with Crippen molar-refractivity contribution in [1.82, 2.24) is 15.1 Å². The molecular formula is C12H19N3O3. The zero-order chi connectivity index (χ0) is 13.5. The summed E-state index contributed by atoms with van der Waals surface area (Å²) in [6.45, 7) is 4.30. The van der Waals surface area contributed by atoms with Crippen LogP contribution in [0.5, 0.6) is 0 Å². The van der Waals surface area contributed by atoms with E-state index in [4.69, 9.17) is 5.11 Å². The fraction of sp³-hybridized carbons (Fsp3) is 0.583. The summed E-state index contributed by atoms with van der Waals surface area (Å²) in [7, 11) is 0. The number of carboxylic acid groups (broad SMARTS) is 1. The summed E-state index contributed by atoms with van der Waals surface area (Å²) >= 11 is 0. The minimum atomic E-state index is -0.990. The van der Waals surface area contributed by atoms with Crippen LogP contribution in [0.4, 0.5) is 0 Å². The van der Waals surface area contributed by atoms with Crippen LogP contribution >= 0.6 is 0 Å². The maximum atomic E-state index is 11.6. The zero-order valence-corrected chi connectivity index (χ0v) is 10.7. The van der Waals surface area contributed by atoms with E-state index in [1.807, 2.05) is 13.8 Å². The van der Waals surface area contributed by atoms with E-state index in [1.165, 1.54) is 0 Å². The van der Waals surface area contributed by atoms with Gasteiger partial charge in [-0.2, -0.15) is 5.10 Å². The number of amides is 1. The number of carbonyl (C=O) groups excluding carboxylic acids is 1. The van der Waals surface area contributed by atoms with Gasteiger partial charge in [-0.25, -0.2) is 4.79 Å². The molecule has 1 aromatic rings. The van der Waals surface area contributed by atoms with Crippen LogP contribution in [0, 0.1) is 5.92 Å². The van der Waals surface area contributed by atoms with Crippen molar-refractivity contribution >= 4 is 11.9 Å². The Morgan fingerprint density at radius 2 is 2.17 bits per heavy atom. The predicted molar refractivity (Wildman–Crippen MR) is 65.9 cm³/mol. The highest BCUT2D eigenvalue weighted by atomic mass is 16.4. The van der Waals surface area contributed by atoms with Crippen LogP contribution in [-0.2, 0) is 16.1 Å². The minimum absolute atomic E-state index is 0.220. The van der Waals surface area contributed by atoms with Crippen molar-refractivity contribution in [2.75, 3.05) is 0 Å². The lowest BCUT2D eigenvalue weighted by atomic mass is 10.0. The lowest BCUT2D eigenvalue weighted by Crippen LogP contribution is -2.41. The van der Waals surface area contributed by atoms with Crippen molar-refractivity contribution in [3.8, 4) is 0 Å². The van der Waals surface area contributed by atoms with Gasteiger partial charge in [0.1, 0.15) is 6.04 Å². The van der Waals surface area contributed by atoms with Gasteiger partial charge in [-0.05, 0) is 18.4 Å². The molecule has 1 heterocycles. The number of aryl methyl sites for hydroxylation is 1. The summed E-state index contributed by atoms with van der Waals surface area (Å²) in [4.78, 5) is 22.6. The van der Waals surface area contributed by atoms with E-state index < -0.39 is 12.0 Å². The zero-order valence-electron chi connectivity index (χ0n) is 10.7. The summed E-state index contributed by atoms with van der Waals surface area (Å²) < 4.78 is 1.64. The topological polar surface area (TPSA) is 84.2 Å². The lowest BCUT2D eigenvalue weighted by Gasteiger charge is -2.16. The van der Waals surface area contributed by atoms with Crippen LogP contribution in [0.1, 0.15) is 26.7 Å². The summed E-state index contributed by atoms with van der Waals surface area (Å²) in [5.41, 5.74) is 0. The van der Waals surface area contributed by atoms with Gasteiger partial charge in [-0.3, -0.25) is 9.48 Å². The monoisotopic (exact) mass is 253 g/mol. The SMILES string of the molecule is CC(C)CC(NC(=O)CCn1cccn1)C(=O)O. The Hall–Kier alpha value is -1.85. The molecule has 0 saturated carbocycles. The Labute approximate surface area is 106 Å². The van der Waals surface area contributed by atoms with Gasteiger partial charge >= 0.3 is 5.97 Å². The van der Waals surface area contributed by atoms with Gasteiger partial charge in [0.2, 0.25) is 5.91 Å². The Balaban J connectivity index is 2.39. The second-order valence-corrected chi connectivity index (χ2v) is 4.61. The highest BCUT2D eigenvalue weighted by Gasteiger charge is 2.20. The normalized spacial score (nSPS) is 12.4. The molecule has 1 atom stereocenters. The average molecular weight is 253 g/mol. The standard InChI is InChI=1S/C12H19N3O3/c1-9(2)8-10(12(17)18)14-11(16)4-7-15-6-3-5-13-15/h3,5-6,9-10H,4,7-8H2,1-2H3,(H,14,16)(H,17,18). The number of carbonyl (C=O) groups is 2. The first kappa shape index (κ1) is 14.2. The first-order valence-corrected chi connectivity index (χ1v) is 5.98. The first-order valence-electron chi connectivity index (χ1n) is 5.98. The Bertz CT molecular complexity index is 387. The van der Waals surface area contributed by atoms with Crippen molar-refractivity contribution in [2.45, 2.75) is 39.3 Å². The molecule has 100 valence electrons. The molecule has 0 bridgehead atoms. The van der Waals surface area contributed by atoms with Crippen LogP contribution in [-0.4, -0.2) is 32.8 Å². The largest absolute Gasteiger partial charge is 0.480 e. The number of aliphatic carboxylic acids is 1. The summed E-state index contributed by atoms with van der Waals surface area (Å²) in [5.74, 6) is -1.03. The quantitative estimate of drug-likeness (QED) is 0.755. The van der Waals surface area contributed by atoms with Crippen LogP contribution in [0.25, 0.3) is 0 Å². The van der Waals surface area contributed by atoms with Crippen molar-refractivity contribution in [1.29, 1.82) is 0 Å². The summed E-state index contributed by atoms with van der Waals surface area (Å²) in [6.07, 6.45) is 4.05. The number of hydrogen-bond acceptors (Lipinski definition) is 3. The molecule has 0 radical (unpaired) electrons. The molecule has 0 aliphatic heterocycles. The smallest absolute Gasteiger partial charge is 0.326 e. The third kappa shape index (κ3) is 4.99. The maximum Gasteiger partial charge on any atom is 0.326 e. The number of nitrogens with zero attached hydrogens (tertiary/aromatic N) is 2. The molecule has 6 nitrogen and oxygen atoms in total. The van der Waals surface area contributed by atoms with Crippen molar-refractivity contribution in [2.24, 2.45) is 5.92 Å². The van der Waals surface area contributed by atoms with Gasteiger partial charge in [-0.15, -0.1) is 0 Å². The van der Waals surface area contributed by atoms with Gasteiger partial charge in [0, 0.05) is 25.4 Å². The van der Waals surface area contributed by atoms with E-state index in [0.29, 0.717) is 13.0 Å². The van der Waals surface area contributed by atoms with Gasteiger partial charge < -0.3 is 10.4 Å². The maximum absolute atomic E-state index is 11.6. The van der Waals surface area contributed by atoms with Crippen molar-refractivity contribution in [3.63, 3.8) is 0 Å². The van der Waals surface area contributed by atoms with Crippen LogP contribution < -0.4 is 5.32 Å². The van der Waals surface area contributed by atoms with E-state index in [1.54, 1.807) is 23.1 Å². The van der Waals surface area contributed by atoms with E-state index in [0.717, 1.165) is 0 Å². The predicted octanol–water partition coefficient (Wildman–Crippen LogP) is 0.889. The molecular weight excluding hydrogens is 234 g/mol. The molecule has 18 heavy (non-hydrogen) atoms. The molecule has 0 spiro atoms. The highest BCUT2D eigenvalue weighted by Crippen LogP contribution is 2.05. The third-order valence-electron chi connectivity index (χ3n) is 2.47. The van der Waals surface area contributed by atoms with Gasteiger partial charge in [0.25, 0.3) is 0 Å². The Kier molecular flexibility index (Phi) is 5.35. The number of nitrogens with one attached hydrogen (secondary N) is 1. The third-order valence-corrected chi connectivity index (χ3v) is 2.47. The molecule has 0 aliphatic rings. The molecule has 0 aliphatic carbocycles. The molecule has 0 fully saturated rings. The number of hydrogen-bond donors (Lipinski definition) is 2. The van der Waals surface area contributed by atoms with E-state index in [2.05, 4.69) is 10.4 Å². The van der Waals surface area contributed by atoms with E-state index in [9.17, 15) is 9.59 Å². The molecule has 1 rings (SSSR count). The van der Waals surface area contributed by atoms with Crippen molar-refractivity contribution in [3.05, 3.63) is 18.5 Å². The van der Waals surface area contributed by atoms with Crippen molar-refractivity contribution < 1.29 is 14.7 Å². The number of carboxylic acids is 1. The van der Waals surface area contributed by atoms with E-state index in [-0.39, 0.29) is 18.2 Å². The molecule has 0 saturated heterocycles. The van der Waals surface area contributed by atoms with Gasteiger partial charge in [-0.1, -0.05) is 13.8 Å². The molecule has 0 aromatic carbocycles. The minimum Gasteiger partial charge on any atom is -0.480 e. The Morgan fingerprint density at radius 3 is 2.67 bits per heavy atom. The summed E-state index contributed by atoms with van der Waals surface area (Å²) in [5, 5.41) is 15.5. The fourth-order valence-electron chi connectivity index (χ4n) is 1.61.